The Bertz CT molecular complexity index is 1080. The highest BCUT2D eigenvalue weighted by Gasteiger charge is 2.34. The number of aryl methyl sites for hydroxylation is 1. The van der Waals surface area contributed by atoms with Gasteiger partial charge in [0.2, 0.25) is 5.95 Å². The van der Waals surface area contributed by atoms with Gasteiger partial charge in [0.25, 0.3) is 11.5 Å². The maximum Gasteiger partial charge on any atom is 0.270 e. The molecule has 1 fully saturated rings. The van der Waals surface area contributed by atoms with Gasteiger partial charge in [-0.25, -0.2) is 9.67 Å². The van der Waals surface area contributed by atoms with Gasteiger partial charge in [-0.3, -0.25) is 14.6 Å². The van der Waals surface area contributed by atoms with Crippen LogP contribution in [-0.2, 0) is 0 Å². The van der Waals surface area contributed by atoms with Crippen molar-refractivity contribution in [3.05, 3.63) is 38.8 Å². The Kier molecular flexibility index (Phi) is 3.76. The summed E-state index contributed by atoms with van der Waals surface area (Å²) in [7, 11) is 0. The number of hydrogen-bond acceptors (Lipinski definition) is 5. The number of fused-ring (bicyclic) bond motifs is 1. The highest BCUT2D eigenvalue weighted by molar-refractivity contribution is 7.17. The molecule has 0 bridgehead atoms. The Morgan fingerprint density at radius 1 is 1.35 bits per heavy atom. The first-order valence-electron chi connectivity index (χ1n) is 8.60. The lowest BCUT2D eigenvalue weighted by Gasteiger charge is -2.20. The van der Waals surface area contributed by atoms with Crippen molar-refractivity contribution in [1.29, 1.82) is 0 Å². The van der Waals surface area contributed by atoms with Crippen LogP contribution < -0.4 is 5.56 Å². The molecule has 26 heavy (non-hydrogen) atoms. The van der Waals surface area contributed by atoms with Gasteiger partial charge in [0, 0.05) is 13.1 Å². The molecule has 3 aromatic rings. The summed E-state index contributed by atoms with van der Waals surface area (Å²) < 4.78 is 2.15. The van der Waals surface area contributed by atoms with Gasteiger partial charge in [0.1, 0.15) is 4.70 Å². The van der Waals surface area contributed by atoms with E-state index in [9.17, 15) is 9.59 Å². The fraction of sp³-hybridized carbons (Fsp3) is 0.444. The number of rotatable bonds is 2. The fourth-order valence-corrected chi connectivity index (χ4v) is 4.29. The largest absolute Gasteiger partial charge is 0.338 e. The lowest BCUT2D eigenvalue weighted by atomic mass is 9.93. The van der Waals surface area contributed by atoms with Crippen LogP contribution >= 0.6 is 11.3 Å². The topological polar surface area (TPSA) is 83.9 Å². The van der Waals surface area contributed by atoms with Gasteiger partial charge in [-0.1, -0.05) is 13.8 Å². The molecule has 136 valence electrons. The quantitative estimate of drug-likeness (QED) is 0.751. The number of carbonyl (C=O) groups is 1. The molecule has 1 aliphatic rings. The van der Waals surface area contributed by atoms with Crippen LogP contribution in [0.3, 0.4) is 0 Å². The van der Waals surface area contributed by atoms with E-state index in [4.69, 9.17) is 0 Å². The van der Waals surface area contributed by atoms with E-state index < -0.39 is 0 Å². The molecule has 0 radical (unpaired) electrons. The van der Waals surface area contributed by atoms with Gasteiger partial charge >= 0.3 is 0 Å². The Labute approximate surface area is 154 Å². The molecule has 4 rings (SSSR count). The first kappa shape index (κ1) is 17.0. The Morgan fingerprint density at radius 2 is 2.12 bits per heavy atom. The third-order valence-electron chi connectivity index (χ3n) is 4.97. The van der Waals surface area contributed by atoms with E-state index in [1.54, 1.807) is 4.68 Å². The predicted octanol–water partition coefficient (Wildman–Crippen LogP) is 2.66. The van der Waals surface area contributed by atoms with E-state index >= 15 is 0 Å². The first-order valence-corrected chi connectivity index (χ1v) is 9.48. The molecular weight excluding hydrogens is 350 g/mol. The molecular formula is C18H21N5O2S. The van der Waals surface area contributed by atoms with Crippen molar-refractivity contribution in [2.45, 2.75) is 34.1 Å². The molecule has 8 heteroatoms. The van der Waals surface area contributed by atoms with Crippen molar-refractivity contribution >= 4 is 27.5 Å². The number of likely N-dealkylation sites (tertiary alicyclic amines) is 1. The number of amides is 1. The van der Waals surface area contributed by atoms with Gasteiger partial charge in [0.15, 0.2) is 0 Å². The van der Waals surface area contributed by atoms with Gasteiger partial charge < -0.3 is 4.90 Å². The second-order valence-electron chi connectivity index (χ2n) is 7.62. The summed E-state index contributed by atoms with van der Waals surface area (Å²) in [5.74, 6) is 0.332. The molecule has 1 saturated heterocycles. The van der Waals surface area contributed by atoms with E-state index in [0.717, 1.165) is 19.5 Å². The smallest absolute Gasteiger partial charge is 0.270 e. The maximum atomic E-state index is 13.0. The summed E-state index contributed by atoms with van der Waals surface area (Å²) in [5.41, 5.74) is 2.51. The zero-order valence-electron chi connectivity index (χ0n) is 15.3. The summed E-state index contributed by atoms with van der Waals surface area (Å²) in [6.07, 6.45) is 0.995. The van der Waals surface area contributed by atoms with Crippen LogP contribution in [0.5, 0.6) is 0 Å². The SMILES string of the molecule is Cc1nn(-c2nc3ccsc3c(=O)[nH]2)c(C)c1C(=O)N1CCC(C)(C)C1. The van der Waals surface area contributed by atoms with Crippen molar-refractivity contribution < 1.29 is 4.79 Å². The highest BCUT2D eigenvalue weighted by Crippen LogP contribution is 2.31. The summed E-state index contributed by atoms with van der Waals surface area (Å²) in [4.78, 5) is 34.4. The molecule has 0 atom stereocenters. The lowest BCUT2D eigenvalue weighted by Crippen LogP contribution is -2.31. The molecule has 0 saturated carbocycles. The number of aromatic amines is 1. The Morgan fingerprint density at radius 3 is 2.81 bits per heavy atom. The average Bonchev–Trinajstić information content (AvgIpc) is 3.25. The standard InChI is InChI=1S/C18H21N5O2S/c1-10-13(16(25)22-7-6-18(3,4)9-22)11(2)23(21-10)17-19-12-5-8-26-14(12)15(24)20-17/h5,8H,6-7,9H2,1-4H3,(H,19,20,24). The van der Waals surface area contributed by atoms with Crippen LogP contribution in [0, 0.1) is 19.3 Å². The summed E-state index contributed by atoms with van der Waals surface area (Å²) >= 11 is 1.36. The average molecular weight is 371 g/mol. The molecule has 0 aromatic carbocycles. The maximum absolute atomic E-state index is 13.0. The highest BCUT2D eigenvalue weighted by atomic mass is 32.1. The summed E-state index contributed by atoms with van der Waals surface area (Å²) in [6.45, 7) is 9.51. The minimum atomic E-state index is -0.193. The van der Waals surface area contributed by atoms with Crippen molar-refractivity contribution in [3.8, 4) is 5.95 Å². The van der Waals surface area contributed by atoms with Crippen LogP contribution in [0.15, 0.2) is 16.2 Å². The van der Waals surface area contributed by atoms with Crippen LogP contribution in [0.4, 0.5) is 0 Å². The lowest BCUT2D eigenvalue weighted by molar-refractivity contribution is 0.0777. The Hall–Kier alpha value is -2.48. The minimum Gasteiger partial charge on any atom is -0.338 e. The first-order chi connectivity index (χ1) is 12.3. The molecule has 0 spiro atoms. The zero-order valence-corrected chi connectivity index (χ0v) is 16.1. The van der Waals surface area contributed by atoms with Gasteiger partial charge in [-0.05, 0) is 37.1 Å². The molecule has 1 amide bonds. The third kappa shape index (κ3) is 2.65. The molecule has 0 unspecified atom stereocenters. The summed E-state index contributed by atoms with van der Waals surface area (Å²) in [5, 5.41) is 6.32. The number of hydrogen-bond donors (Lipinski definition) is 1. The van der Waals surface area contributed by atoms with Crippen LogP contribution in [0.1, 0.15) is 42.0 Å². The van der Waals surface area contributed by atoms with E-state index in [0.29, 0.717) is 33.1 Å². The minimum absolute atomic E-state index is 0.00390. The monoisotopic (exact) mass is 371 g/mol. The molecule has 3 aromatic heterocycles. The predicted molar refractivity (Wildman–Crippen MR) is 101 cm³/mol. The van der Waals surface area contributed by atoms with E-state index in [1.165, 1.54) is 11.3 Å². The Balaban J connectivity index is 1.77. The molecule has 1 aliphatic heterocycles. The van der Waals surface area contributed by atoms with Crippen LogP contribution in [0.2, 0.25) is 0 Å². The third-order valence-corrected chi connectivity index (χ3v) is 5.88. The van der Waals surface area contributed by atoms with E-state index in [-0.39, 0.29) is 16.9 Å². The number of H-pyrrole nitrogens is 1. The number of nitrogens with one attached hydrogen (secondary N) is 1. The number of thiophene rings is 1. The van der Waals surface area contributed by atoms with Crippen LogP contribution in [-0.4, -0.2) is 43.6 Å². The van der Waals surface area contributed by atoms with Crippen molar-refractivity contribution in [1.82, 2.24) is 24.6 Å². The van der Waals surface area contributed by atoms with Gasteiger partial charge in [-0.2, -0.15) is 5.10 Å². The second-order valence-corrected chi connectivity index (χ2v) is 8.54. The molecule has 7 nitrogen and oxygen atoms in total. The molecule has 1 N–H and O–H groups in total. The van der Waals surface area contributed by atoms with Crippen molar-refractivity contribution in [3.63, 3.8) is 0 Å². The van der Waals surface area contributed by atoms with E-state index in [2.05, 4.69) is 28.9 Å². The molecule has 4 heterocycles. The fourth-order valence-electron chi connectivity index (χ4n) is 3.56. The van der Waals surface area contributed by atoms with Crippen molar-refractivity contribution in [2.75, 3.05) is 13.1 Å². The molecule has 0 aliphatic carbocycles. The number of aromatic nitrogens is 4. The summed E-state index contributed by atoms with van der Waals surface area (Å²) in [6, 6.07) is 1.81. The second kappa shape index (κ2) is 5.77. The van der Waals surface area contributed by atoms with Crippen molar-refractivity contribution in [2.24, 2.45) is 5.41 Å². The van der Waals surface area contributed by atoms with E-state index in [1.807, 2.05) is 30.2 Å². The normalized spacial score (nSPS) is 16.5. The van der Waals surface area contributed by atoms with Gasteiger partial charge in [0.05, 0.1) is 22.5 Å². The van der Waals surface area contributed by atoms with Gasteiger partial charge in [-0.15, -0.1) is 11.3 Å². The van der Waals surface area contributed by atoms with Crippen LogP contribution in [0.25, 0.3) is 16.2 Å². The zero-order chi connectivity index (χ0) is 18.6. The number of carbonyl (C=O) groups excluding carboxylic acids is 1. The number of nitrogens with zero attached hydrogens (tertiary/aromatic N) is 4.